The van der Waals surface area contributed by atoms with Crippen LogP contribution < -0.4 is 10.6 Å². The predicted octanol–water partition coefficient (Wildman–Crippen LogP) is 5.54. The number of rotatable bonds is 4. The lowest BCUT2D eigenvalue weighted by Gasteiger charge is -2.13. The van der Waals surface area contributed by atoms with Gasteiger partial charge in [0.1, 0.15) is 16.9 Å². The van der Waals surface area contributed by atoms with E-state index in [0.29, 0.717) is 33.4 Å². The molecule has 0 aliphatic carbocycles. The van der Waals surface area contributed by atoms with Crippen molar-refractivity contribution in [3.63, 3.8) is 0 Å². The molecule has 2 aliphatic rings. The van der Waals surface area contributed by atoms with Crippen LogP contribution in [0, 0.1) is 20.8 Å². The molecule has 8 nitrogen and oxygen atoms in total. The number of fused-ring (bicyclic) bond motifs is 4. The summed E-state index contributed by atoms with van der Waals surface area (Å²) in [5.41, 5.74) is 6.14. The zero-order valence-corrected chi connectivity index (χ0v) is 22.5. The van der Waals surface area contributed by atoms with Crippen molar-refractivity contribution in [2.75, 3.05) is 5.32 Å². The highest BCUT2D eigenvalue weighted by atomic mass is 35.5. The standard InChI is InChI=1S/C28H23ClN6O2S/c1-13-15(3)38-28-24(13)25(17-5-7-18(29)8-6-17)32-22(26-34-33-16(4)35(26)28)12-23(36)31-19-9-10-20-21(11-19)14(2)30-27(20)37/h5-11,22H,2,12H2,1,3-4H3,(H,30,37)(H,31,36)/t22-/m0/s1. The highest BCUT2D eigenvalue weighted by molar-refractivity contribution is 7.15. The summed E-state index contributed by atoms with van der Waals surface area (Å²) in [6.07, 6.45) is 0.0530. The Morgan fingerprint density at radius 1 is 1.13 bits per heavy atom. The molecule has 0 saturated carbocycles. The average Bonchev–Trinajstić information content (AvgIpc) is 3.46. The van der Waals surface area contributed by atoms with Crippen LogP contribution >= 0.6 is 22.9 Å². The fourth-order valence-corrected chi connectivity index (χ4v) is 6.20. The van der Waals surface area contributed by atoms with E-state index in [9.17, 15) is 9.59 Å². The second-order valence-corrected chi connectivity index (χ2v) is 11.0. The van der Waals surface area contributed by atoms with E-state index in [0.717, 1.165) is 33.2 Å². The average molecular weight is 543 g/mol. The number of thiophene rings is 1. The number of carbonyl (C=O) groups is 2. The second-order valence-electron chi connectivity index (χ2n) is 9.35. The largest absolute Gasteiger partial charge is 0.326 e. The van der Waals surface area contributed by atoms with Gasteiger partial charge in [-0.25, -0.2) is 0 Å². The number of hydrogen-bond donors (Lipinski definition) is 2. The molecule has 10 heteroatoms. The quantitative estimate of drug-likeness (QED) is 0.353. The van der Waals surface area contributed by atoms with Gasteiger partial charge >= 0.3 is 0 Å². The molecule has 0 unspecified atom stereocenters. The molecule has 38 heavy (non-hydrogen) atoms. The van der Waals surface area contributed by atoms with Crippen molar-refractivity contribution in [2.45, 2.75) is 33.2 Å². The first-order chi connectivity index (χ1) is 18.2. The Labute approximate surface area is 228 Å². The molecule has 2 N–H and O–H groups in total. The Bertz CT molecular complexity index is 1700. The van der Waals surface area contributed by atoms with Crippen LogP contribution in [0.25, 0.3) is 10.7 Å². The number of aryl methyl sites for hydroxylation is 2. The van der Waals surface area contributed by atoms with E-state index in [1.807, 2.05) is 35.8 Å². The number of aromatic nitrogens is 3. The van der Waals surface area contributed by atoms with Crippen molar-refractivity contribution in [1.82, 2.24) is 20.1 Å². The topological polar surface area (TPSA) is 101 Å². The first kappa shape index (κ1) is 24.3. The summed E-state index contributed by atoms with van der Waals surface area (Å²) in [5.74, 6) is 0.913. The zero-order valence-electron chi connectivity index (χ0n) is 20.9. The van der Waals surface area contributed by atoms with Gasteiger partial charge in [0.25, 0.3) is 5.91 Å². The number of aliphatic imine (C=N–C) groups is 1. The molecule has 0 spiro atoms. The Morgan fingerprint density at radius 2 is 1.89 bits per heavy atom. The third-order valence-electron chi connectivity index (χ3n) is 6.87. The molecular weight excluding hydrogens is 520 g/mol. The van der Waals surface area contributed by atoms with E-state index in [2.05, 4.69) is 41.3 Å². The van der Waals surface area contributed by atoms with Gasteiger partial charge in [0.2, 0.25) is 5.91 Å². The lowest BCUT2D eigenvalue weighted by atomic mass is 9.99. The van der Waals surface area contributed by atoms with Crippen molar-refractivity contribution in [3.05, 3.63) is 98.4 Å². The van der Waals surface area contributed by atoms with Gasteiger partial charge in [0.05, 0.1) is 12.1 Å². The van der Waals surface area contributed by atoms with Crippen molar-refractivity contribution < 1.29 is 9.59 Å². The van der Waals surface area contributed by atoms with Gasteiger partial charge in [-0.1, -0.05) is 30.3 Å². The molecule has 0 fully saturated rings. The summed E-state index contributed by atoms with van der Waals surface area (Å²) < 4.78 is 2.01. The van der Waals surface area contributed by atoms with Gasteiger partial charge in [-0.3, -0.25) is 19.1 Å². The molecule has 4 aromatic rings. The summed E-state index contributed by atoms with van der Waals surface area (Å²) in [5, 5.41) is 16.1. The smallest absolute Gasteiger partial charge is 0.256 e. The van der Waals surface area contributed by atoms with Crippen LogP contribution in [0.1, 0.15) is 61.6 Å². The molecule has 2 amide bonds. The molecule has 1 atom stereocenters. The molecule has 2 aliphatic heterocycles. The lowest BCUT2D eigenvalue weighted by Crippen LogP contribution is -2.17. The zero-order chi connectivity index (χ0) is 26.7. The molecule has 190 valence electrons. The van der Waals surface area contributed by atoms with E-state index >= 15 is 0 Å². The highest BCUT2D eigenvalue weighted by Gasteiger charge is 2.32. The Morgan fingerprint density at radius 3 is 2.66 bits per heavy atom. The summed E-state index contributed by atoms with van der Waals surface area (Å²) in [6.45, 7) is 9.96. The normalized spacial score (nSPS) is 15.8. The molecule has 2 aromatic carbocycles. The van der Waals surface area contributed by atoms with Gasteiger partial charge in [0, 0.05) is 43.5 Å². The van der Waals surface area contributed by atoms with Gasteiger partial charge in [-0.05, 0) is 56.7 Å². The molecular formula is C28H23ClN6O2S. The first-order valence-corrected chi connectivity index (χ1v) is 13.2. The lowest BCUT2D eigenvalue weighted by molar-refractivity contribution is -0.116. The maximum atomic E-state index is 13.3. The third kappa shape index (κ3) is 3.95. The molecule has 0 radical (unpaired) electrons. The van der Waals surface area contributed by atoms with Crippen molar-refractivity contribution in [3.8, 4) is 5.00 Å². The highest BCUT2D eigenvalue weighted by Crippen LogP contribution is 2.39. The second kappa shape index (κ2) is 9.04. The molecule has 4 heterocycles. The van der Waals surface area contributed by atoms with E-state index in [-0.39, 0.29) is 18.2 Å². The van der Waals surface area contributed by atoms with Crippen LogP contribution in [0.5, 0.6) is 0 Å². The number of benzene rings is 2. The maximum Gasteiger partial charge on any atom is 0.256 e. The number of carbonyl (C=O) groups excluding carboxylic acids is 2. The minimum Gasteiger partial charge on any atom is -0.326 e. The van der Waals surface area contributed by atoms with Crippen molar-refractivity contribution in [2.24, 2.45) is 4.99 Å². The first-order valence-electron chi connectivity index (χ1n) is 12.0. The van der Waals surface area contributed by atoms with Gasteiger partial charge < -0.3 is 10.6 Å². The summed E-state index contributed by atoms with van der Waals surface area (Å²) in [4.78, 5) is 31.6. The SMILES string of the molecule is C=C1NC(=O)c2ccc(NC(=O)C[C@@H]3N=C(c4ccc(Cl)cc4)c4c(sc(C)c4C)-n4c(C)nnc43)cc21. The fraction of sp³-hybridized carbons (Fsp3) is 0.179. The maximum absolute atomic E-state index is 13.3. The third-order valence-corrected chi connectivity index (χ3v) is 8.32. The summed E-state index contributed by atoms with van der Waals surface area (Å²) in [6, 6.07) is 12.1. The number of nitrogens with zero attached hydrogens (tertiary/aromatic N) is 4. The Balaban J connectivity index is 1.40. The molecule has 0 saturated heterocycles. The van der Waals surface area contributed by atoms with Crippen molar-refractivity contribution >= 4 is 51.8 Å². The van der Waals surface area contributed by atoms with Gasteiger partial charge in [-0.15, -0.1) is 21.5 Å². The molecule has 0 bridgehead atoms. The minimum absolute atomic E-state index is 0.0530. The minimum atomic E-state index is -0.575. The number of hydrogen-bond acceptors (Lipinski definition) is 6. The van der Waals surface area contributed by atoms with Crippen LogP contribution in [0.15, 0.2) is 54.0 Å². The number of halogens is 1. The van der Waals surface area contributed by atoms with Crippen molar-refractivity contribution in [1.29, 1.82) is 0 Å². The number of amides is 2. The summed E-state index contributed by atoms with van der Waals surface area (Å²) in [7, 11) is 0. The van der Waals surface area contributed by atoms with Crippen LogP contribution in [0.2, 0.25) is 5.02 Å². The van der Waals surface area contributed by atoms with Crippen LogP contribution in [-0.4, -0.2) is 32.3 Å². The van der Waals surface area contributed by atoms with Crippen LogP contribution in [0.3, 0.4) is 0 Å². The summed E-state index contributed by atoms with van der Waals surface area (Å²) >= 11 is 7.84. The predicted molar refractivity (Wildman–Crippen MR) is 149 cm³/mol. The Hall–Kier alpha value is -4.08. The number of nitrogens with one attached hydrogen (secondary N) is 2. The van der Waals surface area contributed by atoms with Gasteiger partial charge in [-0.2, -0.15) is 0 Å². The molecule has 6 rings (SSSR count). The molecule has 2 aromatic heterocycles. The van der Waals surface area contributed by atoms with E-state index < -0.39 is 6.04 Å². The van der Waals surface area contributed by atoms with E-state index in [4.69, 9.17) is 16.6 Å². The van der Waals surface area contributed by atoms with Gasteiger partial charge in [0.15, 0.2) is 5.82 Å². The van der Waals surface area contributed by atoms with E-state index in [1.165, 1.54) is 4.88 Å². The fourth-order valence-electron chi connectivity index (χ4n) is 4.86. The van der Waals surface area contributed by atoms with Crippen LogP contribution in [0.4, 0.5) is 5.69 Å². The van der Waals surface area contributed by atoms with Crippen LogP contribution in [-0.2, 0) is 4.79 Å². The van der Waals surface area contributed by atoms with E-state index in [1.54, 1.807) is 29.5 Å². The number of anilines is 1. The Kier molecular flexibility index (Phi) is 5.77. The monoisotopic (exact) mass is 542 g/mol.